The number of benzene rings is 1. The summed E-state index contributed by atoms with van der Waals surface area (Å²) in [6, 6.07) is 7.40. The SMILES string of the molecule is CCOC(=O)N1CCC(NC(=O)Nc2ccc(Cc3n[nH]c(C)n3)cc2)CC1. The van der Waals surface area contributed by atoms with Crippen LogP contribution in [-0.2, 0) is 11.2 Å². The molecule has 1 aromatic carbocycles. The van der Waals surface area contributed by atoms with Gasteiger partial charge in [0.25, 0.3) is 0 Å². The Hall–Kier alpha value is -3.10. The topological polar surface area (TPSA) is 112 Å². The van der Waals surface area contributed by atoms with Crippen molar-refractivity contribution >= 4 is 17.8 Å². The molecule has 3 N–H and O–H groups in total. The summed E-state index contributed by atoms with van der Waals surface area (Å²) in [5.41, 5.74) is 1.78. The van der Waals surface area contributed by atoms with Crippen molar-refractivity contribution in [3.63, 3.8) is 0 Å². The van der Waals surface area contributed by atoms with Crippen molar-refractivity contribution < 1.29 is 14.3 Å². The third-order valence-electron chi connectivity index (χ3n) is 4.57. The van der Waals surface area contributed by atoms with Crippen LogP contribution < -0.4 is 10.6 Å². The molecule has 150 valence electrons. The van der Waals surface area contributed by atoms with Gasteiger partial charge in [0, 0.05) is 31.2 Å². The van der Waals surface area contributed by atoms with E-state index in [2.05, 4.69) is 25.8 Å². The number of H-pyrrole nitrogens is 1. The third-order valence-corrected chi connectivity index (χ3v) is 4.57. The van der Waals surface area contributed by atoms with Crippen molar-refractivity contribution in [2.45, 2.75) is 39.2 Å². The molecule has 9 nitrogen and oxygen atoms in total. The highest BCUT2D eigenvalue weighted by molar-refractivity contribution is 5.89. The number of anilines is 1. The smallest absolute Gasteiger partial charge is 0.409 e. The van der Waals surface area contributed by atoms with E-state index in [0.29, 0.717) is 39.0 Å². The molecule has 1 saturated heterocycles. The first-order valence-electron chi connectivity index (χ1n) is 9.49. The molecule has 2 aromatic rings. The molecule has 1 aliphatic heterocycles. The van der Waals surface area contributed by atoms with Crippen LogP contribution in [0.15, 0.2) is 24.3 Å². The van der Waals surface area contributed by atoms with E-state index in [4.69, 9.17) is 4.74 Å². The van der Waals surface area contributed by atoms with Crippen molar-refractivity contribution in [1.29, 1.82) is 0 Å². The molecule has 3 rings (SSSR count). The number of carbonyl (C=O) groups is 2. The second-order valence-electron chi connectivity index (χ2n) is 6.77. The summed E-state index contributed by atoms with van der Waals surface area (Å²) in [6.45, 7) is 5.19. The Labute approximate surface area is 163 Å². The Balaban J connectivity index is 1.43. The van der Waals surface area contributed by atoms with Crippen LogP contribution in [0.1, 0.15) is 37.0 Å². The fourth-order valence-corrected chi connectivity index (χ4v) is 3.13. The van der Waals surface area contributed by atoms with Gasteiger partial charge < -0.3 is 20.3 Å². The molecule has 0 unspecified atom stereocenters. The van der Waals surface area contributed by atoms with Crippen LogP contribution in [0.5, 0.6) is 0 Å². The van der Waals surface area contributed by atoms with E-state index in [0.717, 1.165) is 22.9 Å². The molecular formula is C19H26N6O3. The van der Waals surface area contributed by atoms with E-state index in [1.807, 2.05) is 31.2 Å². The molecule has 9 heteroatoms. The number of nitrogens with one attached hydrogen (secondary N) is 3. The molecule has 0 atom stereocenters. The van der Waals surface area contributed by atoms with Gasteiger partial charge >= 0.3 is 12.1 Å². The van der Waals surface area contributed by atoms with E-state index in [1.54, 1.807) is 11.8 Å². The van der Waals surface area contributed by atoms with E-state index in [-0.39, 0.29) is 18.2 Å². The number of rotatable bonds is 5. The Morgan fingerprint density at radius 3 is 2.57 bits per heavy atom. The molecule has 28 heavy (non-hydrogen) atoms. The average molecular weight is 386 g/mol. The number of hydrogen-bond acceptors (Lipinski definition) is 5. The van der Waals surface area contributed by atoms with Crippen LogP contribution in [0.2, 0.25) is 0 Å². The molecule has 0 aliphatic carbocycles. The van der Waals surface area contributed by atoms with Crippen molar-refractivity contribution in [3.05, 3.63) is 41.5 Å². The number of carbonyl (C=O) groups excluding carboxylic acids is 2. The summed E-state index contributed by atoms with van der Waals surface area (Å²) >= 11 is 0. The lowest BCUT2D eigenvalue weighted by atomic mass is 10.1. The third kappa shape index (κ3) is 5.45. The van der Waals surface area contributed by atoms with Crippen LogP contribution in [0, 0.1) is 6.92 Å². The monoisotopic (exact) mass is 386 g/mol. The molecule has 0 saturated carbocycles. The predicted octanol–water partition coefficient (Wildman–Crippen LogP) is 2.45. The summed E-state index contributed by atoms with van der Waals surface area (Å²) in [5.74, 6) is 1.53. The summed E-state index contributed by atoms with van der Waals surface area (Å²) < 4.78 is 5.00. The largest absolute Gasteiger partial charge is 0.450 e. The average Bonchev–Trinajstić information content (AvgIpc) is 3.09. The molecule has 0 spiro atoms. The highest BCUT2D eigenvalue weighted by Crippen LogP contribution is 2.14. The van der Waals surface area contributed by atoms with Crippen LogP contribution in [-0.4, -0.2) is 57.9 Å². The Morgan fingerprint density at radius 1 is 1.25 bits per heavy atom. The van der Waals surface area contributed by atoms with Gasteiger partial charge in [-0.25, -0.2) is 14.6 Å². The molecule has 3 amide bonds. The number of aromatic nitrogens is 3. The molecule has 1 fully saturated rings. The van der Waals surface area contributed by atoms with Gasteiger partial charge in [0.05, 0.1) is 6.61 Å². The lowest BCUT2D eigenvalue weighted by Crippen LogP contribution is -2.47. The maximum atomic E-state index is 12.2. The molecule has 2 heterocycles. The van der Waals surface area contributed by atoms with Crippen molar-refractivity contribution in [1.82, 2.24) is 25.4 Å². The maximum Gasteiger partial charge on any atom is 0.409 e. The lowest BCUT2D eigenvalue weighted by molar-refractivity contribution is 0.0959. The van der Waals surface area contributed by atoms with E-state index < -0.39 is 0 Å². The first-order chi connectivity index (χ1) is 13.5. The molecule has 1 aliphatic rings. The summed E-state index contributed by atoms with van der Waals surface area (Å²) in [4.78, 5) is 29.9. The first kappa shape index (κ1) is 19.7. The zero-order chi connectivity index (χ0) is 19.9. The quantitative estimate of drug-likeness (QED) is 0.731. The van der Waals surface area contributed by atoms with Gasteiger partial charge in [-0.05, 0) is 44.4 Å². The number of ether oxygens (including phenoxy) is 1. The van der Waals surface area contributed by atoms with Gasteiger partial charge in [0.1, 0.15) is 5.82 Å². The maximum absolute atomic E-state index is 12.2. The standard InChI is InChI=1S/C19H26N6O3/c1-3-28-19(27)25-10-8-16(9-11-25)22-18(26)21-15-6-4-14(5-7-15)12-17-20-13(2)23-24-17/h4-7,16H,3,8-12H2,1-2H3,(H,20,23,24)(H2,21,22,26). The van der Waals surface area contributed by atoms with Gasteiger partial charge in [0.2, 0.25) is 0 Å². The minimum atomic E-state index is -0.286. The number of amides is 3. The van der Waals surface area contributed by atoms with E-state index in [9.17, 15) is 9.59 Å². The summed E-state index contributed by atoms with van der Waals surface area (Å²) in [6.07, 6.45) is 1.77. The van der Waals surface area contributed by atoms with Gasteiger partial charge in [-0.3, -0.25) is 5.10 Å². The minimum absolute atomic E-state index is 0.0407. The summed E-state index contributed by atoms with van der Waals surface area (Å²) in [5, 5.41) is 12.8. The van der Waals surface area contributed by atoms with Crippen LogP contribution >= 0.6 is 0 Å². The number of nitrogens with zero attached hydrogens (tertiary/aromatic N) is 3. The van der Waals surface area contributed by atoms with Crippen molar-refractivity contribution in [3.8, 4) is 0 Å². The van der Waals surface area contributed by atoms with Crippen LogP contribution in [0.3, 0.4) is 0 Å². The van der Waals surface area contributed by atoms with Gasteiger partial charge in [-0.1, -0.05) is 12.1 Å². The zero-order valence-electron chi connectivity index (χ0n) is 16.2. The van der Waals surface area contributed by atoms with Gasteiger partial charge in [-0.2, -0.15) is 5.10 Å². The molecule has 0 radical (unpaired) electrons. The number of hydrogen-bond donors (Lipinski definition) is 3. The number of urea groups is 1. The second kappa shape index (κ2) is 9.20. The first-order valence-corrected chi connectivity index (χ1v) is 9.49. The van der Waals surface area contributed by atoms with Crippen LogP contribution in [0.25, 0.3) is 0 Å². The lowest BCUT2D eigenvalue weighted by Gasteiger charge is -2.31. The Kier molecular flexibility index (Phi) is 6.46. The number of aromatic amines is 1. The fourth-order valence-electron chi connectivity index (χ4n) is 3.13. The molecule has 0 bridgehead atoms. The van der Waals surface area contributed by atoms with Gasteiger partial charge in [-0.15, -0.1) is 0 Å². The van der Waals surface area contributed by atoms with E-state index in [1.165, 1.54) is 0 Å². The van der Waals surface area contributed by atoms with Crippen molar-refractivity contribution in [2.75, 3.05) is 25.0 Å². The van der Waals surface area contributed by atoms with Gasteiger partial charge in [0.15, 0.2) is 5.82 Å². The second-order valence-corrected chi connectivity index (χ2v) is 6.77. The van der Waals surface area contributed by atoms with Crippen LogP contribution in [0.4, 0.5) is 15.3 Å². The number of piperidine rings is 1. The number of likely N-dealkylation sites (tertiary alicyclic amines) is 1. The Morgan fingerprint density at radius 2 is 1.96 bits per heavy atom. The zero-order valence-corrected chi connectivity index (χ0v) is 16.2. The summed E-state index contributed by atoms with van der Waals surface area (Å²) in [7, 11) is 0. The Bertz CT molecular complexity index is 796. The minimum Gasteiger partial charge on any atom is -0.450 e. The highest BCUT2D eigenvalue weighted by Gasteiger charge is 2.24. The fraction of sp³-hybridized carbons (Fsp3) is 0.474. The normalized spacial score (nSPS) is 14.6. The number of aryl methyl sites for hydroxylation is 1. The molecular weight excluding hydrogens is 360 g/mol. The predicted molar refractivity (Wildman–Crippen MR) is 104 cm³/mol. The highest BCUT2D eigenvalue weighted by atomic mass is 16.6. The van der Waals surface area contributed by atoms with E-state index >= 15 is 0 Å². The van der Waals surface area contributed by atoms with Crippen molar-refractivity contribution in [2.24, 2.45) is 0 Å². The molecule has 1 aromatic heterocycles.